The van der Waals surface area contributed by atoms with Crippen LogP contribution in [0.3, 0.4) is 0 Å². The number of nitrogens with one attached hydrogen (secondary N) is 1. The topological polar surface area (TPSA) is 102 Å². The van der Waals surface area contributed by atoms with Crippen LogP contribution < -0.4 is 10.7 Å². The van der Waals surface area contributed by atoms with E-state index in [-0.39, 0.29) is 5.39 Å². The Balaban J connectivity index is 1.81. The van der Waals surface area contributed by atoms with Gasteiger partial charge >= 0.3 is 12.0 Å². The maximum Gasteiger partial charge on any atom is 0.341 e. The summed E-state index contributed by atoms with van der Waals surface area (Å²) in [6, 6.07) is 16.5. The number of aromatic carboxylic acids is 1. The number of carboxylic acid groups (broad SMARTS) is 1. The Hall–Kier alpha value is -4.13. The Labute approximate surface area is 164 Å². The average Bonchev–Trinajstić information content (AvgIpc) is 3.14. The van der Waals surface area contributed by atoms with Crippen molar-refractivity contribution in [3.05, 3.63) is 88.4 Å². The third-order valence-electron chi connectivity index (χ3n) is 4.53. The van der Waals surface area contributed by atoms with Crippen molar-refractivity contribution in [1.29, 1.82) is 0 Å². The highest BCUT2D eigenvalue weighted by atomic mass is 16.4. The Bertz CT molecular complexity index is 1320. The van der Waals surface area contributed by atoms with Crippen molar-refractivity contribution in [2.24, 2.45) is 0 Å². The molecule has 0 spiro atoms. The van der Waals surface area contributed by atoms with Gasteiger partial charge in [0, 0.05) is 17.1 Å². The first-order valence-corrected chi connectivity index (χ1v) is 8.80. The highest BCUT2D eigenvalue weighted by Crippen LogP contribution is 2.29. The number of carboxylic acids is 1. The highest BCUT2D eigenvalue weighted by molar-refractivity contribution is 6.02. The fraction of sp³-hybridized carbons (Fsp3) is 0.0455. The molecule has 0 aliphatic carbocycles. The number of benzene rings is 2. The zero-order valence-electron chi connectivity index (χ0n) is 15.4. The van der Waals surface area contributed by atoms with E-state index in [2.05, 4.69) is 5.32 Å². The summed E-state index contributed by atoms with van der Waals surface area (Å²) >= 11 is 0. The highest BCUT2D eigenvalue weighted by Gasteiger charge is 2.18. The van der Waals surface area contributed by atoms with Gasteiger partial charge < -0.3 is 14.8 Å². The van der Waals surface area contributed by atoms with E-state index in [1.165, 1.54) is 6.07 Å². The lowest BCUT2D eigenvalue weighted by molar-refractivity contribution is 0.0695. The zero-order chi connectivity index (χ0) is 20.5. The van der Waals surface area contributed by atoms with Gasteiger partial charge in [-0.05, 0) is 43.3 Å². The van der Waals surface area contributed by atoms with E-state index >= 15 is 0 Å². The molecule has 0 saturated carbocycles. The maximum absolute atomic E-state index is 13.0. The molecule has 7 heteroatoms. The van der Waals surface area contributed by atoms with Gasteiger partial charge in [0.25, 0.3) is 0 Å². The average molecular weight is 388 g/mol. The molecule has 0 saturated heterocycles. The number of carbonyl (C=O) groups is 2. The number of furan rings is 1. The minimum absolute atomic E-state index is 0.150. The molecule has 0 unspecified atom stereocenters. The minimum atomic E-state index is -1.39. The molecule has 29 heavy (non-hydrogen) atoms. The Kier molecular flexibility index (Phi) is 4.48. The molecular weight excluding hydrogens is 372 g/mol. The van der Waals surface area contributed by atoms with Gasteiger partial charge in [-0.2, -0.15) is 0 Å². The SMILES string of the molecule is Cc1ccc(-c2ccccc2NC(=O)n2cc(C(=O)O)c(=O)c3ccccc32)o1. The molecule has 0 bridgehead atoms. The number of carbonyl (C=O) groups excluding carboxylic acids is 1. The number of aryl methyl sites for hydroxylation is 1. The largest absolute Gasteiger partial charge is 0.477 e. The summed E-state index contributed by atoms with van der Waals surface area (Å²) in [7, 11) is 0. The molecule has 0 radical (unpaired) electrons. The van der Waals surface area contributed by atoms with Gasteiger partial charge in [0.15, 0.2) is 0 Å². The van der Waals surface area contributed by atoms with Gasteiger partial charge in [-0.25, -0.2) is 9.59 Å². The summed E-state index contributed by atoms with van der Waals surface area (Å²) in [5.41, 5.74) is 0.369. The molecule has 2 heterocycles. The quantitative estimate of drug-likeness (QED) is 0.543. The van der Waals surface area contributed by atoms with Crippen molar-refractivity contribution in [3.8, 4) is 11.3 Å². The maximum atomic E-state index is 13.0. The molecule has 0 atom stereocenters. The van der Waals surface area contributed by atoms with Crippen LogP contribution in [0.25, 0.3) is 22.2 Å². The fourth-order valence-electron chi connectivity index (χ4n) is 3.16. The Morgan fingerprint density at radius 1 is 1.00 bits per heavy atom. The van der Waals surface area contributed by atoms with Gasteiger partial charge in [-0.1, -0.05) is 24.3 Å². The van der Waals surface area contributed by atoms with E-state index in [9.17, 15) is 19.5 Å². The lowest BCUT2D eigenvalue weighted by atomic mass is 10.1. The second-order valence-electron chi connectivity index (χ2n) is 6.45. The summed E-state index contributed by atoms with van der Waals surface area (Å²) in [6.07, 6.45) is 1.04. The number of para-hydroxylation sites is 2. The standard InChI is InChI=1S/C22H16N2O5/c1-13-10-11-19(29-13)14-6-2-4-8-17(14)23-22(28)24-12-16(21(26)27)20(25)15-7-3-5-9-18(15)24/h2-12H,1H3,(H,23,28)(H,26,27). The molecule has 4 aromatic rings. The summed E-state index contributed by atoms with van der Waals surface area (Å²) in [6.45, 7) is 1.82. The molecule has 2 aromatic heterocycles. The number of fused-ring (bicyclic) bond motifs is 1. The van der Waals surface area contributed by atoms with Crippen molar-refractivity contribution >= 4 is 28.6 Å². The van der Waals surface area contributed by atoms with Crippen LogP contribution in [0.15, 0.2) is 76.1 Å². The molecule has 144 valence electrons. The number of aromatic nitrogens is 1. The Morgan fingerprint density at radius 3 is 2.45 bits per heavy atom. The van der Waals surface area contributed by atoms with Crippen LogP contribution in [-0.4, -0.2) is 21.7 Å². The second kappa shape index (κ2) is 7.12. The lowest BCUT2D eigenvalue weighted by Gasteiger charge is -2.14. The number of nitrogens with zero attached hydrogens (tertiary/aromatic N) is 1. The van der Waals surface area contributed by atoms with Gasteiger partial charge in [0.1, 0.15) is 17.1 Å². The third-order valence-corrected chi connectivity index (χ3v) is 4.53. The third kappa shape index (κ3) is 3.29. The lowest BCUT2D eigenvalue weighted by Crippen LogP contribution is -2.25. The van der Waals surface area contributed by atoms with Crippen molar-refractivity contribution < 1.29 is 19.1 Å². The van der Waals surface area contributed by atoms with Gasteiger partial charge in [0.05, 0.1) is 11.2 Å². The van der Waals surface area contributed by atoms with Gasteiger partial charge in [-0.3, -0.25) is 9.36 Å². The van der Waals surface area contributed by atoms with Crippen molar-refractivity contribution in [2.75, 3.05) is 5.32 Å². The van der Waals surface area contributed by atoms with Crippen LogP contribution in [0.4, 0.5) is 10.5 Å². The van der Waals surface area contributed by atoms with Crippen LogP contribution in [0.1, 0.15) is 16.1 Å². The predicted octanol–water partition coefficient (Wildman–Crippen LogP) is 4.35. The number of hydrogen-bond donors (Lipinski definition) is 2. The van der Waals surface area contributed by atoms with Crippen LogP contribution in [0, 0.1) is 6.92 Å². The number of pyridine rings is 1. The fourth-order valence-corrected chi connectivity index (χ4v) is 3.16. The van der Waals surface area contributed by atoms with E-state index in [0.29, 0.717) is 22.5 Å². The molecular formula is C22H16N2O5. The molecule has 2 aromatic carbocycles. The molecule has 7 nitrogen and oxygen atoms in total. The summed E-state index contributed by atoms with van der Waals surface area (Å²) in [4.78, 5) is 36.9. The molecule has 1 amide bonds. The van der Waals surface area contributed by atoms with E-state index in [1.54, 1.807) is 42.5 Å². The monoisotopic (exact) mass is 388 g/mol. The Morgan fingerprint density at radius 2 is 1.72 bits per heavy atom. The number of anilines is 1. The van der Waals surface area contributed by atoms with Crippen LogP contribution in [0.5, 0.6) is 0 Å². The molecule has 0 aliphatic rings. The first-order chi connectivity index (χ1) is 14.0. The van der Waals surface area contributed by atoms with Crippen molar-refractivity contribution in [3.63, 3.8) is 0 Å². The van der Waals surface area contributed by atoms with Crippen LogP contribution in [-0.2, 0) is 0 Å². The van der Waals surface area contributed by atoms with Crippen molar-refractivity contribution in [2.45, 2.75) is 6.92 Å². The minimum Gasteiger partial charge on any atom is -0.477 e. The summed E-state index contributed by atoms with van der Waals surface area (Å²) < 4.78 is 6.79. The van der Waals surface area contributed by atoms with Crippen LogP contribution >= 0.6 is 0 Å². The predicted molar refractivity (Wildman–Crippen MR) is 108 cm³/mol. The first-order valence-electron chi connectivity index (χ1n) is 8.80. The number of amides is 1. The van der Waals surface area contributed by atoms with E-state index in [0.717, 1.165) is 16.5 Å². The van der Waals surface area contributed by atoms with Crippen LogP contribution in [0.2, 0.25) is 0 Å². The first kappa shape index (κ1) is 18.2. The molecule has 0 aliphatic heterocycles. The number of rotatable bonds is 3. The van der Waals surface area contributed by atoms with E-state index in [1.807, 2.05) is 19.1 Å². The number of hydrogen-bond acceptors (Lipinski definition) is 4. The molecule has 4 rings (SSSR count). The normalized spacial score (nSPS) is 10.8. The van der Waals surface area contributed by atoms with Gasteiger partial charge in [-0.15, -0.1) is 0 Å². The summed E-state index contributed by atoms with van der Waals surface area (Å²) in [5.74, 6) is -0.0678. The van der Waals surface area contributed by atoms with E-state index < -0.39 is 23.0 Å². The molecule has 0 fully saturated rings. The summed E-state index contributed by atoms with van der Waals surface area (Å²) in [5, 5.41) is 12.3. The zero-order valence-corrected chi connectivity index (χ0v) is 15.4. The second-order valence-corrected chi connectivity index (χ2v) is 6.45. The van der Waals surface area contributed by atoms with Crippen molar-refractivity contribution in [1.82, 2.24) is 4.57 Å². The molecule has 2 N–H and O–H groups in total. The van der Waals surface area contributed by atoms with Gasteiger partial charge in [0.2, 0.25) is 5.43 Å². The van der Waals surface area contributed by atoms with E-state index in [4.69, 9.17) is 4.42 Å². The smallest absolute Gasteiger partial charge is 0.341 e.